The summed E-state index contributed by atoms with van der Waals surface area (Å²) in [7, 11) is 1.58. The number of carbonyl (C=O) groups excluding carboxylic acids is 1. The lowest BCUT2D eigenvalue weighted by atomic mass is 10.1. The first kappa shape index (κ1) is 16.7. The molecular weight excluding hydrogens is 240 g/mol. The van der Waals surface area contributed by atoms with Crippen molar-refractivity contribution in [3.05, 3.63) is 0 Å². The second-order valence-electron chi connectivity index (χ2n) is 4.50. The van der Waals surface area contributed by atoms with Gasteiger partial charge in [-0.25, -0.2) is 0 Å². The van der Waals surface area contributed by atoms with Crippen LogP contribution in [-0.4, -0.2) is 43.2 Å². The number of carbonyl (C=O) groups is 1. The molecule has 4 nitrogen and oxygen atoms in total. The predicted octanol–water partition coefficient (Wildman–Crippen LogP) is 1.56. The van der Waals surface area contributed by atoms with Crippen LogP contribution in [0.1, 0.15) is 39.0 Å². The van der Waals surface area contributed by atoms with Crippen molar-refractivity contribution in [3.8, 4) is 0 Å². The second-order valence-corrected chi connectivity index (χ2v) is 4.50. The molecule has 0 aliphatic carbocycles. The molecule has 102 valence electrons. The molecule has 1 saturated heterocycles. The number of ether oxygens (including phenoxy) is 1. The SMILES string of the molecule is CCC1CCCCCN1C(=O)C(N)COC.Cl. The number of nitrogens with zero attached hydrogens (tertiary/aromatic N) is 1. The first-order chi connectivity index (χ1) is 7.70. The van der Waals surface area contributed by atoms with E-state index in [1.165, 1.54) is 12.8 Å². The van der Waals surface area contributed by atoms with Gasteiger partial charge in [-0.05, 0) is 19.3 Å². The first-order valence-corrected chi connectivity index (χ1v) is 6.25. The molecule has 2 unspecified atom stereocenters. The number of methoxy groups -OCH3 is 1. The Morgan fingerprint density at radius 2 is 2.18 bits per heavy atom. The minimum atomic E-state index is -0.503. The first-order valence-electron chi connectivity index (χ1n) is 6.25. The van der Waals surface area contributed by atoms with Gasteiger partial charge in [0.15, 0.2) is 0 Å². The average Bonchev–Trinajstić information content (AvgIpc) is 2.53. The minimum Gasteiger partial charge on any atom is -0.383 e. The maximum atomic E-state index is 12.1. The summed E-state index contributed by atoms with van der Waals surface area (Å²) in [6.45, 7) is 3.30. The van der Waals surface area contributed by atoms with Gasteiger partial charge >= 0.3 is 0 Å². The van der Waals surface area contributed by atoms with Crippen molar-refractivity contribution in [3.63, 3.8) is 0 Å². The van der Waals surface area contributed by atoms with Crippen molar-refractivity contribution in [2.24, 2.45) is 5.73 Å². The summed E-state index contributed by atoms with van der Waals surface area (Å²) >= 11 is 0. The fourth-order valence-electron chi connectivity index (χ4n) is 2.36. The molecule has 0 aromatic carbocycles. The topological polar surface area (TPSA) is 55.6 Å². The van der Waals surface area contributed by atoms with Crippen LogP contribution in [0.4, 0.5) is 0 Å². The van der Waals surface area contributed by atoms with E-state index in [0.29, 0.717) is 12.6 Å². The maximum Gasteiger partial charge on any atom is 0.242 e. The lowest BCUT2D eigenvalue weighted by Crippen LogP contribution is -2.50. The molecule has 0 saturated carbocycles. The number of hydrogen-bond acceptors (Lipinski definition) is 3. The molecule has 1 aliphatic heterocycles. The summed E-state index contributed by atoms with van der Waals surface area (Å²) in [5.41, 5.74) is 5.81. The van der Waals surface area contributed by atoms with Gasteiger partial charge in [0.1, 0.15) is 6.04 Å². The van der Waals surface area contributed by atoms with Crippen molar-refractivity contribution in [1.82, 2.24) is 4.90 Å². The van der Waals surface area contributed by atoms with Gasteiger partial charge in [0.2, 0.25) is 5.91 Å². The van der Waals surface area contributed by atoms with Crippen LogP contribution in [0.2, 0.25) is 0 Å². The number of hydrogen-bond donors (Lipinski definition) is 1. The van der Waals surface area contributed by atoms with Gasteiger partial charge in [0.25, 0.3) is 0 Å². The molecule has 2 atom stereocenters. The zero-order valence-corrected chi connectivity index (χ0v) is 11.7. The smallest absolute Gasteiger partial charge is 0.242 e. The summed E-state index contributed by atoms with van der Waals surface area (Å²) in [6.07, 6.45) is 5.68. The zero-order chi connectivity index (χ0) is 12.0. The van der Waals surface area contributed by atoms with Crippen molar-refractivity contribution in [2.45, 2.75) is 51.1 Å². The van der Waals surface area contributed by atoms with E-state index in [4.69, 9.17) is 10.5 Å². The second kappa shape index (κ2) is 8.72. The van der Waals surface area contributed by atoms with Crippen LogP contribution in [0.25, 0.3) is 0 Å². The van der Waals surface area contributed by atoms with E-state index >= 15 is 0 Å². The third-order valence-corrected chi connectivity index (χ3v) is 3.29. The van der Waals surface area contributed by atoms with E-state index < -0.39 is 6.04 Å². The van der Waals surface area contributed by atoms with Crippen molar-refractivity contribution >= 4 is 18.3 Å². The number of rotatable bonds is 4. The van der Waals surface area contributed by atoms with E-state index in [1.54, 1.807) is 7.11 Å². The van der Waals surface area contributed by atoms with Crippen LogP contribution in [0.3, 0.4) is 0 Å². The van der Waals surface area contributed by atoms with Crippen LogP contribution in [-0.2, 0) is 9.53 Å². The Morgan fingerprint density at radius 3 is 2.76 bits per heavy atom. The van der Waals surface area contributed by atoms with Gasteiger partial charge in [0.05, 0.1) is 6.61 Å². The van der Waals surface area contributed by atoms with Crippen LogP contribution >= 0.6 is 12.4 Å². The molecule has 1 amide bonds. The van der Waals surface area contributed by atoms with E-state index in [9.17, 15) is 4.79 Å². The highest BCUT2D eigenvalue weighted by molar-refractivity contribution is 5.85. The molecule has 0 radical (unpaired) electrons. The average molecular weight is 265 g/mol. The molecule has 17 heavy (non-hydrogen) atoms. The lowest BCUT2D eigenvalue weighted by Gasteiger charge is -2.31. The van der Waals surface area contributed by atoms with E-state index in [2.05, 4.69) is 6.92 Å². The summed E-state index contributed by atoms with van der Waals surface area (Å²) in [5, 5.41) is 0. The van der Waals surface area contributed by atoms with E-state index in [1.807, 2.05) is 4.90 Å². The Kier molecular flexibility index (Phi) is 8.56. The molecule has 0 spiro atoms. The van der Waals surface area contributed by atoms with Gasteiger partial charge in [-0.15, -0.1) is 12.4 Å². The molecule has 1 rings (SSSR count). The third-order valence-electron chi connectivity index (χ3n) is 3.29. The Balaban J connectivity index is 0.00000256. The van der Waals surface area contributed by atoms with Gasteiger partial charge in [-0.3, -0.25) is 4.79 Å². The zero-order valence-electron chi connectivity index (χ0n) is 10.9. The largest absolute Gasteiger partial charge is 0.383 e. The number of nitrogens with two attached hydrogens (primary N) is 1. The Bertz CT molecular complexity index is 227. The molecule has 1 aliphatic rings. The molecule has 0 bridgehead atoms. The third kappa shape index (κ3) is 4.82. The van der Waals surface area contributed by atoms with Crippen LogP contribution in [0.15, 0.2) is 0 Å². The van der Waals surface area contributed by atoms with Crippen molar-refractivity contribution < 1.29 is 9.53 Å². The van der Waals surface area contributed by atoms with Gasteiger partial charge in [-0.2, -0.15) is 0 Å². The fraction of sp³-hybridized carbons (Fsp3) is 0.917. The van der Waals surface area contributed by atoms with Gasteiger partial charge in [-0.1, -0.05) is 19.8 Å². The van der Waals surface area contributed by atoms with Gasteiger partial charge in [0, 0.05) is 19.7 Å². The number of likely N-dealkylation sites (tertiary alicyclic amines) is 1. The highest BCUT2D eigenvalue weighted by Gasteiger charge is 2.27. The molecule has 0 aromatic rings. The molecule has 5 heteroatoms. The Hall–Kier alpha value is -0.320. The van der Waals surface area contributed by atoms with E-state index in [0.717, 1.165) is 25.8 Å². The monoisotopic (exact) mass is 264 g/mol. The molecular formula is C12H25ClN2O2. The Labute approximate surface area is 110 Å². The van der Waals surface area contributed by atoms with Crippen LogP contribution in [0.5, 0.6) is 0 Å². The molecule has 2 N–H and O–H groups in total. The van der Waals surface area contributed by atoms with Crippen LogP contribution < -0.4 is 5.73 Å². The summed E-state index contributed by atoms with van der Waals surface area (Å²) in [5.74, 6) is 0.0515. The minimum absolute atomic E-state index is 0. The van der Waals surface area contributed by atoms with Crippen molar-refractivity contribution in [1.29, 1.82) is 0 Å². The quantitative estimate of drug-likeness (QED) is 0.839. The molecule has 1 heterocycles. The fourth-order valence-corrected chi connectivity index (χ4v) is 2.36. The molecule has 0 aromatic heterocycles. The highest BCUT2D eigenvalue weighted by Crippen LogP contribution is 2.19. The Morgan fingerprint density at radius 1 is 1.47 bits per heavy atom. The summed E-state index contributed by atoms with van der Waals surface area (Å²) < 4.78 is 4.94. The summed E-state index contributed by atoms with van der Waals surface area (Å²) in [6, 6.07) is -0.130. The summed E-state index contributed by atoms with van der Waals surface area (Å²) in [4.78, 5) is 14.1. The van der Waals surface area contributed by atoms with E-state index in [-0.39, 0.29) is 18.3 Å². The molecule has 1 fully saturated rings. The number of halogens is 1. The maximum absolute atomic E-state index is 12.1. The number of amides is 1. The predicted molar refractivity (Wildman–Crippen MR) is 71.4 cm³/mol. The normalized spacial score (nSPS) is 22.5. The van der Waals surface area contributed by atoms with Crippen molar-refractivity contribution in [2.75, 3.05) is 20.3 Å². The van der Waals surface area contributed by atoms with Gasteiger partial charge < -0.3 is 15.4 Å². The lowest BCUT2D eigenvalue weighted by molar-refractivity contribution is -0.136. The standard InChI is InChI=1S/C12H24N2O2.ClH/c1-3-10-7-5-4-6-8-14(10)12(15)11(13)9-16-2;/h10-11H,3-9,13H2,1-2H3;1H. The highest BCUT2D eigenvalue weighted by atomic mass is 35.5. The van der Waals surface area contributed by atoms with Crippen LogP contribution in [0, 0.1) is 0 Å².